The predicted molar refractivity (Wildman–Crippen MR) is 68.8 cm³/mol. The summed E-state index contributed by atoms with van der Waals surface area (Å²) in [6.07, 6.45) is 5.53. The van der Waals surface area contributed by atoms with Crippen molar-refractivity contribution < 1.29 is 9.53 Å². The molecule has 0 bridgehead atoms. The lowest BCUT2D eigenvalue weighted by Gasteiger charge is -2.24. The topological polar surface area (TPSA) is 64.3 Å². The summed E-state index contributed by atoms with van der Waals surface area (Å²) in [6.45, 7) is 6.23. The van der Waals surface area contributed by atoms with Crippen LogP contribution in [0.4, 0.5) is 4.79 Å². The van der Waals surface area contributed by atoms with Crippen LogP contribution in [0.3, 0.4) is 0 Å². The van der Waals surface area contributed by atoms with Gasteiger partial charge in [-0.3, -0.25) is 0 Å². The van der Waals surface area contributed by atoms with Crippen molar-refractivity contribution in [2.75, 3.05) is 6.54 Å². The first-order valence-electron chi connectivity index (χ1n) is 6.61. The van der Waals surface area contributed by atoms with Gasteiger partial charge in [0.15, 0.2) is 0 Å². The lowest BCUT2D eigenvalue weighted by molar-refractivity contribution is 0.0516. The smallest absolute Gasteiger partial charge is 0.407 e. The van der Waals surface area contributed by atoms with Crippen molar-refractivity contribution in [3.8, 4) is 0 Å². The molecule has 1 saturated carbocycles. The standard InChI is InChI=1S/C13H26N2O2/c1-13(2,3)17-12(16)15-9-10-7-5-4-6-8-11(10)14/h10-11H,4-9,14H2,1-3H3,(H,15,16). The minimum atomic E-state index is -0.435. The normalized spacial score (nSPS) is 26.1. The molecule has 0 heterocycles. The van der Waals surface area contributed by atoms with Gasteiger partial charge in [0.25, 0.3) is 0 Å². The van der Waals surface area contributed by atoms with Gasteiger partial charge in [-0.15, -0.1) is 0 Å². The van der Waals surface area contributed by atoms with E-state index in [4.69, 9.17) is 10.5 Å². The molecule has 1 aliphatic carbocycles. The third-order valence-corrected chi connectivity index (χ3v) is 3.13. The van der Waals surface area contributed by atoms with Crippen LogP contribution in [0.5, 0.6) is 0 Å². The number of ether oxygens (including phenoxy) is 1. The summed E-state index contributed by atoms with van der Waals surface area (Å²) in [5, 5.41) is 2.83. The molecule has 2 unspecified atom stereocenters. The summed E-state index contributed by atoms with van der Waals surface area (Å²) in [5.41, 5.74) is 5.67. The zero-order chi connectivity index (χ0) is 12.9. The number of amides is 1. The van der Waals surface area contributed by atoms with Crippen LogP contribution in [-0.4, -0.2) is 24.3 Å². The van der Waals surface area contributed by atoms with Crippen molar-refractivity contribution in [3.05, 3.63) is 0 Å². The molecule has 0 spiro atoms. The van der Waals surface area contributed by atoms with E-state index in [2.05, 4.69) is 5.32 Å². The monoisotopic (exact) mass is 242 g/mol. The van der Waals surface area contributed by atoms with Gasteiger partial charge in [0.1, 0.15) is 5.60 Å². The number of rotatable bonds is 2. The molecule has 2 atom stereocenters. The van der Waals surface area contributed by atoms with Gasteiger partial charge in [-0.2, -0.15) is 0 Å². The molecule has 0 saturated heterocycles. The van der Waals surface area contributed by atoms with Crippen LogP contribution in [-0.2, 0) is 4.74 Å². The van der Waals surface area contributed by atoms with Crippen molar-refractivity contribution >= 4 is 6.09 Å². The SMILES string of the molecule is CC(C)(C)OC(=O)NCC1CCCCCC1N. The van der Waals surface area contributed by atoms with E-state index in [1.807, 2.05) is 20.8 Å². The lowest BCUT2D eigenvalue weighted by Crippen LogP contribution is -2.40. The van der Waals surface area contributed by atoms with Crippen LogP contribution in [0.25, 0.3) is 0 Å². The molecular formula is C13H26N2O2. The molecule has 100 valence electrons. The van der Waals surface area contributed by atoms with Crippen LogP contribution in [0.1, 0.15) is 52.9 Å². The number of nitrogens with two attached hydrogens (primary N) is 1. The molecule has 0 aliphatic heterocycles. The number of carbonyl (C=O) groups is 1. The number of alkyl carbamates (subject to hydrolysis) is 1. The fourth-order valence-corrected chi connectivity index (χ4v) is 2.20. The van der Waals surface area contributed by atoms with Gasteiger partial charge in [0.05, 0.1) is 0 Å². The van der Waals surface area contributed by atoms with E-state index >= 15 is 0 Å². The van der Waals surface area contributed by atoms with Gasteiger partial charge in [-0.1, -0.05) is 19.3 Å². The maximum absolute atomic E-state index is 11.5. The van der Waals surface area contributed by atoms with Gasteiger partial charge >= 0.3 is 6.09 Å². The first kappa shape index (κ1) is 14.3. The highest BCUT2D eigenvalue weighted by Gasteiger charge is 2.22. The third-order valence-electron chi connectivity index (χ3n) is 3.13. The molecule has 0 aromatic heterocycles. The van der Waals surface area contributed by atoms with Crippen molar-refractivity contribution in [1.82, 2.24) is 5.32 Å². The Hall–Kier alpha value is -0.770. The number of hydrogen-bond acceptors (Lipinski definition) is 3. The van der Waals surface area contributed by atoms with E-state index < -0.39 is 5.60 Å². The lowest BCUT2D eigenvalue weighted by atomic mass is 9.96. The molecule has 1 fully saturated rings. The zero-order valence-electron chi connectivity index (χ0n) is 11.3. The molecule has 3 N–H and O–H groups in total. The Kier molecular flexibility index (Phi) is 5.25. The van der Waals surface area contributed by atoms with E-state index in [1.54, 1.807) is 0 Å². The minimum Gasteiger partial charge on any atom is -0.444 e. The average molecular weight is 242 g/mol. The highest BCUT2D eigenvalue weighted by molar-refractivity contribution is 5.67. The Morgan fingerprint density at radius 2 is 1.94 bits per heavy atom. The van der Waals surface area contributed by atoms with Crippen LogP contribution in [0.15, 0.2) is 0 Å². The summed E-state index contributed by atoms with van der Waals surface area (Å²) in [4.78, 5) is 11.5. The van der Waals surface area contributed by atoms with E-state index in [0.717, 1.165) is 12.8 Å². The largest absolute Gasteiger partial charge is 0.444 e. The molecular weight excluding hydrogens is 216 g/mol. The maximum atomic E-state index is 11.5. The Labute approximate surface area is 104 Å². The van der Waals surface area contributed by atoms with Gasteiger partial charge in [0.2, 0.25) is 0 Å². The first-order chi connectivity index (χ1) is 7.88. The fourth-order valence-electron chi connectivity index (χ4n) is 2.20. The number of hydrogen-bond donors (Lipinski definition) is 2. The summed E-state index contributed by atoms with van der Waals surface area (Å²) in [7, 11) is 0. The minimum absolute atomic E-state index is 0.215. The van der Waals surface area contributed by atoms with Crippen LogP contribution < -0.4 is 11.1 Å². The molecule has 1 amide bonds. The second-order valence-electron chi connectivity index (χ2n) is 5.94. The third kappa shape index (κ3) is 5.91. The molecule has 4 nitrogen and oxygen atoms in total. The molecule has 0 radical (unpaired) electrons. The van der Waals surface area contributed by atoms with E-state index in [9.17, 15) is 4.79 Å². The van der Waals surface area contributed by atoms with E-state index in [0.29, 0.717) is 12.5 Å². The van der Waals surface area contributed by atoms with Gasteiger partial charge in [-0.05, 0) is 39.5 Å². The van der Waals surface area contributed by atoms with Crippen LogP contribution >= 0.6 is 0 Å². The van der Waals surface area contributed by atoms with Gasteiger partial charge < -0.3 is 15.8 Å². The molecule has 1 rings (SSSR count). The summed E-state index contributed by atoms with van der Waals surface area (Å²) < 4.78 is 5.20. The average Bonchev–Trinajstić information content (AvgIpc) is 2.37. The Morgan fingerprint density at radius 3 is 2.59 bits per heavy atom. The first-order valence-corrected chi connectivity index (χ1v) is 6.61. The Bertz CT molecular complexity index is 248. The Morgan fingerprint density at radius 1 is 1.29 bits per heavy atom. The Balaban J connectivity index is 2.31. The number of nitrogens with one attached hydrogen (secondary N) is 1. The summed E-state index contributed by atoms with van der Waals surface area (Å²) >= 11 is 0. The second kappa shape index (κ2) is 6.24. The summed E-state index contributed by atoms with van der Waals surface area (Å²) in [5.74, 6) is 0.394. The van der Waals surface area contributed by atoms with Crippen molar-refractivity contribution in [2.24, 2.45) is 11.7 Å². The summed E-state index contributed by atoms with van der Waals surface area (Å²) in [6, 6.07) is 0.215. The van der Waals surface area contributed by atoms with Crippen LogP contribution in [0, 0.1) is 5.92 Å². The van der Waals surface area contributed by atoms with E-state index in [-0.39, 0.29) is 12.1 Å². The maximum Gasteiger partial charge on any atom is 0.407 e. The van der Waals surface area contributed by atoms with Crippen LogP contribution in [0.2, 0.25) is 0 Å². The van der Waals surface area contributed by atoms with Crippen molar-refractivity contribution in [2.45, 2.75) is 64.5 Å². The number of carbonyl (C=O) groups excluding carboxylic acids is 1. The quantitative estimate of drug-likeness (QED) is 0.731. The molecule has 1 aliphatic rings. The van der Waals surface area contributed by atoms with E-state index in [1.165, 1.54) is 19.3 Å². The highest BCUT2D eigenvalue weighted by atomic mass is 16.6. The van der Waals surface area contributed by atoms with Crippen molar-refractivity contribution in [3.63, 3.8) is 0 Å². The van der Waals surface area contributed by atoms with Crippen molar-refractivity contribution in [1.29, 1.82) is 0 Å². The zero-order valence-corrected chi connectivity index (χ0v) is 11.3. The highest BCUT2D eigenvalue weighted by Crippen LogP contribution is 2.21. The molecule has 0 aromatic carbocycles. The van der Waals surface area contributed by atoms with Gasteiger partial charge in [0, 0.05) is 12.6 Å². The molecule has 17 heavy (non-hydrogen) atoms. The molecule has 4 heteroatoms. The fraction of sp³-hybridized carbons (Fsp3) is 0.923. The second-order valence-corrected chi connectivity index (χ2v) is 5.94. The van der Waals surface area contributed by atoms with Gasteiger partial charge in [-0.25, -0.2) is 4.79 Å². The molecule has 0 aromatic rings. The predicted octanol–water partition coefficient (Wildman–Crippen LogP) is 2.42.